The van der Waals surface area contributed by atoms with Crippen molar-refractivity contribution in [2.24, 2.45) is 0 Å². The van der Waals surface area contributed by atoms with Gasteiger partial charge in [-0.3, -0.25) is 9.59 Å². The van der Waals surface area contributed by atoms with Gasteiger partial charge in [-0.1, -0.05) is 54.6 Å². The summed E-state index contributed by atoms with van der Waals surface area (Å²) in [5.41, 5.74) is 4.60. The third kappa shape index (κ3) is 6.45. The standard InChI is InChI=1S/C27H29NO4/c1-19-9-6-7-13-24(19)20(2)27(31)28-25-17-21(18-32-23-11-4-3-5-12-23)15-16-22(25)10-8-14-26(29)30/h3-7,9,11-13,15-17,20H,8,10,14,18H2,1-2H3,(H,28,31)(H,29,30). The Labute approximate surface area is 189 Å². The van der Waals surface area contributed by atoms with Crippen LogP contribution >= 0.6 is 0 Å². The molecule has 0 saturated carbocycles. The largest absolute Gasteiger partial charge is 0.489 e. The SMILES string of the molecule is Cc1ccccc1C(C)C(=O)Nc1cc(COc2ccccc2)ccc1CCCC(=O)O. The molecule has 1 unspecified atom stereocenters. The van der Waals surface area contributed by atoms with Gasteiger partial charge in [-0.2, -0.15) is 0 Å². The highest BCUT2D eigenvalue weighted by Gasteiger charge is 2.18. The molecule has 0 aromatic heterocycles. The van der Waals surface area contributed by atoms with Gasteiger partial charge in [0, 0.05) is 12.1 Å². The molecule has 3 aromatic carbocycles. The van der Waals surface area contributed by atoms with E-state index in [2.05, 4.69) is 5.32 Å². The number of ether oxygens (including phenoxy) is 1. The number of hydrogen-bond donors (Lipinski definition) is 2. The first-order valence-corrected chi connectivity index (χ1v) is 10.8. The molecule has 0 aliphatic rings. The van der Waals surface area contributed by atoms with E-state index in [4.69, 9.17) is 9.84 Å². The summed E-state index contributed by atoms with van der Waals surface area (Å²) >= 11 is 0. The van der Waals surface area contributed by atoms with Crippen LogP contribution in [0.2, 0.25) is 0 Å². The molecule has 0 radical (unpaired) electrons. The number of anilines is 1. The number of aryl methyl sites for hydroxylation is 2. The van der Waals surface area contributed by atoms with Crippen molar-refractivity contribution in [1.29, 1.82) is 0 Å². The summed E-state index contributed by atoms with van der Waals surface area (Å²) in [6.07, 6.45) is 1.16. The van der Waals surface area contributed by atoms with Gasteiger partial charge in [0.05, 0.1) is 5.92 Å². The van der Waals surface area contributed by atoms with Gasteiger partial charge < -0.3 is 15.2 Å². The summed E-state index contributed by atoms with van der Waals surface area (Å²) in [6, 6.07) is 23.2. The number of carbonyl (C=O) groups is 2. The minimum absolute atomic E-state index is 0.0892. The average Bonchev–Trinajstić information content (AvgIpc) is 2.79. The van der Waals surface area contributed by atoms with Crippen molar-refractivity contribution < 1.29 is 19.4 Å². The van der Waals surface area contributed by atoms with E-state index in [-0.39, 0.29) is 18.2 Å². The molecular formula is C27H29NO4. The Morgan fingerprint density at radius 3 is 2.44 bits per heavy atom. The molecule has 1 atom stereocenters. The van der Waals surface area contributed by atoms with Crippen LogP contribution < -0.4 is 10.1 Å². The Morgan fingerprint density at radius 2 is 1.72 bits per heavy atom. The van der Waals surface area contributed by atoms with Gasteiger partial charge in [0.25, 0.3) is 0 Å². The Morgan fingerprint density at radius 1 is 1.00 bits per heavy atom. The Bertz CT molecular complexity index is 1060. The summed E-state index contributed by atoms with van der Waals surface area (Å²) in [6.45, 7) is 4.26. The fourth-order valence-electron chi connectivity index (χ4n) is 3.62. The van der Waals surface area contributed by atoms with E-state index in [1.165, 1.54) is 0 Å². The molecule has 0 spiro atoms. The zero-order chi connectivity index (χ0) is 22.9. The lowest BCUT2D eigenvalue weighted by Crippen LogP contribution is -2.20. The molecule has 0 bridgehead atoms. The maximum atomic E-state index is 13.1. The van der Waals surface area contributed by atoms with Crippen LogP contribution in [0.25, 0.3) is 0 Å². The number of aliphatic carboxylic acids is 1. The van der Waals surface area contributed by atoms with Crippen molar-refractivity contribution in [1.82, 2.24) is 0 Å². The number of carboxylic acids is 1. The zero-order valence-electron chi connectivity index (χ0n) is 18.5. The summed E-state index contributed by atoms with van der Waals surface area (Å²) in [5.74, 6) is -0.458. The van der Waals surface area contributed by atoms with Gasteiger partial charge in [-0.25, -0.2) is 0 Å². The van der Waals surface area contributed by atoms with Crippen LogP contribution in [0.15, 0.2) is 72.8 Å². The second-order valence-electron chi connectivity index (χ2n) is 7.91. The van der Waals surface area contributed by atoms with Crippen LogP contribution in [0.4, 0.5) is 5.69 Å². The average molecular weight is 432 g/mol. The van der Waals surface area contributed by atoms with Gasteiger partial charge in [0.2, 0.25) is 5.91 Å². The summed E-state index contributed by atoms with van der Waals surface area (Å²) in [4.78, 5) is 24.0. The van der Waals surface area contributed by atoms with Gasteiger partial charge in [0.15, 0.2) is 0 Å². The maximum absolute atomic E-state index is 13.1. The van der Waals surface area contributed by atoms with Gasteiger partial charge in [0.1, 0.15) is 12.4 Å². The van der Waals surface area contributed by atoms with E-state index in [1.807, 2.05) is 86.6 Å². The molecule has 0 aliphatic carbocycles. The third-order valence-electron chi connectivity index (χ3n) is 5.47. The van der Waals surface area contributed by atoms with Crippen LogP contribution in [0.5, 0.6) is 5.75 Å². The fraction of sp³-hybridized carbons (Fsp3) is 0.259. The molecular weight excluding hydrogens is 402 g/mol. The number of para-hydroxylation sites is 1. The molecule has 0 aliphatic heterocycles. The first kappa shape index (κ1) is 23.1. The molecule has 0 fully saturated rings. The molecule has 2 N–H and O–H groups in total. The zero-order valence-corrected chi connectivity index (χ0v) is 18.5. The molecule has 5 nitrogen and oxygen atoms in total. The first-order chi connectivity index (χ1) is 15.4. The summed E-state index contributed by atoms with van der Waals surface area (Å²) in [5, 5.41) is 12.0. The molecule has 166 valence electrons. The topological polar surface area (TPSA) is 75.6 Å². The molecule has 3 rings (SSSR count). The fourth-order valence-corrected chi connectivity index (χ4v) is 3.62. The quantitative estimate of drug-likeness (QED) is 0.430. The summed E-state index contributed by atoms with van der Waals surface area (Å²) in [7, 11) is 0. The minimum atomic E-state index is -0.823. The molecule has 3 aromatic rings. The summed E-state index contributed by atoms with van der Waals surface area (Å²) < 4.78 is 5.85. The number of carboxylic acid groups (broad SMARTS) is 1. The van der Waals surface area contributed by atoms with Crippen molar-refractivity contribution in [3.8, 4) is 5.75 Å². The third-order valence-corrected chi connectivity index (χ3v) is 5.47. The van der Waals surface area contributed by atoms with Crippen molar-refractivity contribution >= 4 is 17.6 Å². The lowest BCUT2D eigenvalue weighted by molar-refractivity contribution is -0.137. The number of hydrogen-bond acceptors (Lipinski definition) is 3. The van der Waals surface area contributed by atoms with Crippen molar-refractivity contribution in [3.63, 3.8) is 0 Å². The van der Waals surface area contributed by atoms with Crippen LogP contribution in [0, 0.1) is 6.92 Å². The lowest BCUT2D eigenvalue weighted by Gasteiger charge is -2.18. The molecule has 1 amide bonds. The van der Waals surface area contributed by atoms with E-state index in [0.717, 1.165) is 28.0 Å². The molecule has 0 heterocycles. The van der Waals surface area contributed by atoms with Crippen LogP contribution in [0.1, 0.15) is 47.9 Å². The Hall–Kier alpha value is -3.60. The number of benzene rings is 3. The van der Waals surface area contributed by atoms with Crippen molar-refractivity contribution in [3.05, 3.63) is 95.1 Å². The van der Waals surface area contributed by atoms with Crippen LogP contribution in [-0.4, -0.2) is 17.0 Å². The number of nitrogens with one attached hydrogen (secondary N) is 1. The smallest absolute Gasteiger partial charge is 0.303 e. The minimum Gasteiger partial charge on any atom is -0.489 e. The van der Waals surface area contributed by atoms with Gasteiger partial charge in [-0.05, 0) is 67.1 Å². The normalized spacial score (nSPS) is 11.6. The highest BCUT2D eigenvalue weighted by Crippen LogP contribution is 2.25. The first-order valence-electron chi connectivity index (χ1n) is 10.8. The maximum Gasteiger partial charge on any atom is 0.303 e. The Kier molecular flexibility index (Phi) is 8.03. The second-order valence-corrected chi connectivity index (χ2v) is 7.91. The van der Waals surface area contributed by atoms with Crippen LogP contribution in [0.3, 0.4) is 0 Å². The van der Waals surface area contributed by atoms with E-state index in [1.54, 1.807) is 0 Å². The van der Waals surface area contributed by atoms with E-state index >= 15 is 0 Å². The predicted molar refractivity (Wildman–Crippen MR) is 126 cm³/mol. The predicted octanol–water partition coefficient (Wildman–Crippen LogP) is 5.72. The van der Waals surface area contributed by atoms with E-state index in [0.29, 0.717) is 25.1 Å². The number of amides is 1. The Balaban J connectivity index is 1.78. The number of rotatable bonds is 10. The highest BCUT2D eigenvalue weighted by molar-refractivity contribution is 5.96. The monoisotopic (exact) mass is 431 g/mol. The van der Waals surface area contributed by atoms with E-state index < -0.39 is 5.97 Å². The molecule has 0 saturated heterocycles. The highest BCUT2D eigenvalue weighted by atomic mass is 16.5. The molecule has 5 heteroatoms. The van der Waals surface area contributed by atoms with Crippen LogP contribution in [-0.2, 0) is 22.6 Å². The van der Waals surface area contributed by atoms with Gasteiger partial charge >= 0.3 is 5.97 Å². The number of carbonyl (C=O) groups excluding carboxylic acids is 1. The molecule has 32 heavy (non-hydrogen) atoms. The lowest BCUT2D eigenvalue weighted by atomic mass is 9.95. The van der Waals surface area contributed by atoms with Crippen molar-refractivity contribution in [2.75, 3.05) is 5.32 Å². The van der Waals surface area contributed by atoms with Crippen molar-refractivity contribution in [2.45, 2.75) is 45.6 Å². The van der Waals surface area contributed by atoms with Gasteiger partial charge in [-0.15, -0.1) is 0 Å². The van der Waals surface area contributed by atoms with E-state index in [9.17, 15) is 9.59 Å². The second kappa shape index (κ2) is 11.1.